The zero-order valence-electron chi connectivity index (χ0n) is 23.2. The Labute approximate surface area is 230 Å². The molecule has 3 atom stereocenters. The number of rotatable bonds is 11. The van der Waals surface area contributed by atoms with Crippen LogP contribution in [0.15, 0.2) is 54.6 Å². The van der Waals surface area contributed by atoms with Gasteiger partial charge in [-0.1, -0.05) is 68.2 Å². The highest BCUT2D eigenvalue weighted by molar-refractivity contribution is 6.76. The second-order valence-electron chi connectivity index (χ2n) is 11.4. The van der Waals surface area contributed by atoms with Gasteiger partial charge in [0.25, 0.3) is 0 Å². The van der Waals surface area contributed by atoms with E-state index in [1.807, 2.05) is 54.6 Å². The van der Waals surface area contributed by atoms with Crippen LogP contribution < -0.4 is 10.6 Å². The predicted molar refractivity (Wildman–Crippen MR) is 154 cm³/mol. The number of amides is 1. The molecule has 2 heterocycles. The molecular weight excluding hydrogens is 510 g/mol. The summed E-state index contributed by atoms with van der Waals surface area (Å²) in [7, 11) is 0.0310. The molecule has 0 fully saturated rings. The van der Waals surface area contributed by atoms with Crippen LogP contribution in [0.1, 0.15) is 35.7 Å². The van der Waals surface area contributed by atoms with Crippen LogP contribution >= 0.6 is 0 Å². The van der Waals surface area contributed by atoms with Crippen molar-refractivity contribution in [1.82, 2.24) is 15.6 Å². The van der Waals surface area contributed by atoms with Gasteiger partial charge in [-0.05, 0) is 36.1 Å². The number of carbonyl (C=O) groups excluding carboxylic acids is 3. The Bertz CT molecular complexity index is 1300. The zero-order chi connectivity index (χ0) is 28.0. The number of aromatic nitrogens is 1. The van der Waals surface area contributed by atoms with E-state index in [0.717, 1.165) is 33.8 Å². The summed E-state index contributed by atoms with van der Waals surface area (Å²) in [4.78, 5) is 42.0. The van der Waals surface area contributed by atoms with Crippen molar-refractivity contribution in [3.05, 3.63) is 71.4 Å². The lowest BCUT2D eigenvalue weighted by Gasteiger charge is -2.31. The largest absolute Gasteiger partial charge is 0.469 e. The van der Waals surface area contributed by atoms with E-state index in [2.05, 4.69) is 35.3 Å². The summed E-state index contributed by atoms with van der Waals surface area (Å²) in [5.41, 5.74) is 3.90. The third-order valence-electron chi connectivity index (χ3n) is 7.12. The SMILES string of the molecule is COC(=O)C[C@@H]1N[C@H](C(=O)N[C@H](CC(=O)OCC[Si](C)(C)C)Cc2ccccc2)Cc2c1[nH]c1ccccc21. The number of esters is 2. The first-order chi connectivity index (χ1) is 18.6. The Morgan fingerprint density at radius 2 is 1.74 bits per heavy atom. The normalized spacial score (nSPS) is 17.7. The van der Waals surface area contributed by atoms with Crippen molar-refractivity contribution in [1.29, 1.82) is 0 Å². The number of ether oxygens (including phenoxy) is 2. The molecule has 208 valence electrons. The standard InChI is InChI=1S/C30H39N3O5Si/c1-37-27(34)19-25-29-23(22-12-8-9-13-24(22)33-29)18-26(32-25)30(36)31-21(16-20-10-6-5-7-11-20)17-28(35)38-14-15-39(2,3)4/h5-13,21,25-26,32-33H,14-19H2,1-4H3,(H,31,36)/t21-,25-,26-/m0/s1. The Morgan fingerprint density at radius 1 is 1.03 bits per heavy atom. The van der Waals surface area contributed by atoms with E-state index in [1.165, 1.54) is 7.11 Å². The van der Waals surface area contributed by atoms with Gasteiger partial charge < -0.3 is 19.8 Å². The lowest BCUT2D eigenvalue weighted by atomic mass is 9.91. The highest BCUT2D eigenvalue weighted by Gasteiger charge is 2.35. The van der Waals surface area contributed by atoms with Crippen LogP contribution in [-0.2, 0) is 36.7 Å². The molecule has 1 amide bonds. The fourth-order valence-electron chi connectivity index (χ4n) is 5.01. The molecule has 0 saturated heterocycles. The zero-order valence-corrected chi connectivity index (χ0v) is 24.2. The molecule has 8 nitrogen and oxygen atoms in total. The molecule has 0 spiro atoms. The molecule has 1 aliphatic heterocycles. The number of nitrogens with one attached hydrogen (secondary N) is 3. The Morgan fingerprint density at radius 3 is 2.46 bits per heavy atom. The van der Waals surface area contributed by atoms with Crippen LogP contribution in [0.2, 0.25) is 25.7 Å². The van der Waals surface area contributed by atoms with E-state index in [4.69, 9.17) is 9.47 Å². The van der Waals surface area contributed by atoms with Crippen LogP contribution in [0.5, 0.6) is 0 Å². The summed E-state index contributed by atoms with van der Waals surface area (Å²) >= 11 is 0. The number of carbonyl (C=O) groups is 3. The van der Waals surface area contributed by atoms with Gasteiger partial charge in [0.1, 0.15) is 0 Å². The Hall–Kier alpha value is -3.43. The quantitative estimate of drug-likeness (QED) is 0.243. The van der Waals surface area contributed by atoms with Gasteiger partial charge in [0, 0.05) is 30.7 Å². The van der Waals surface area contributed by atoms with Gasteiger partial charge in [0.05, 0.1) is 38.6 Å². The van der Waals surface area contributed by atoms with E-state index >= 15 is 0 Å². The fraction of sp³-hybridized carbons (Fsp3) is 0.433. The van der Waals surface area contributed by atoms with Crippen molar-refractivity contribution in [2.45, 2.75) is 69.5 Å². The minimum absolute atomic E-state index is 0.0863. The van der Waals surface area contributed by atoms with Crippen molar-refractivity contribution in [3.63, 3.8) is 0 Å². The molecule has 9 heteroatoms. The molecule has 0 aliphatic carbocycles. The molecule has 0 radical (unpaired) electrons. The molecule has 1 aromatic heterocycles. The van der Waals surface area contributed by atoms with Crippen LogP contribution in [0.25, 0.3) is 10.9 Å². The minimum atomic E-state index is -1.33. The number of para-hydroxylation sites is 1. The van der Waals surface area contributed by atoms with Gasteiger partial charge in [-0.15, -0.1) is 0 Å². The van der Waals surface area contributed by atoms with Crippen molar-refractivity contribution < 1.29 is 23.9 Å². The molecule has 0 unspecified atom stereocenters. The molecule has 0 bridgehead atoms. The van der Waals surface area contributed by atoms with Gasteiger partial charge in [0.15, 0.2) is 0 Å². The highest BCUT2D eigenvalue weighted by Crippen LogP contribution is 2.33. The summed E-state index contributed by atoms with van der Waals surface area (Å²) in [5.74, 6) is -0.883. The average Bonchev–Trinajstić information content (AvgIpc) is 3.27. The topological polar surface area (TPSA) is 110 Å². The minimum Gasteiger partial charge on any atom is -0.469 e. The molecule has 3 aromatic rings. The monoisotopic (exact) mass is 549 g/mol. The van der Waals surface area contributed by atoms with Gasteiger partial charge >= 0.3 is 11.9 Å². The van der Waals surface area contributed by atoms with Gasteiger partial charge in [-0.25, -0.2) is 0 Å². The van der Waals surface area contributed by atoms with Gasteiger partial charge in [0.2, 0.25) is 5.91 Å². The number of fused-ring (bicyclic) bond motifs is 3. The van der Waals surface area contributed by atoms with E-state index in [-0.39, 0.29) is 30.7 Å². The number of hydrogen-bond donors (Lipinski definition) is 3. The fourth-order valence-corrected chi connectivity index (χ4v) is 5.73. The van der Waals surface area contributed by atoms with Gasteiger partial charge in [-0.2, -0.15) is 0 Å². The molecular formula is C30H39N3O5Si. The number of benzene rings is 2. The lowest BCUT2D eigenvalue weighted by molar-refractivity contribution is -0.144. The van der Waals surface area contributed by atoms with E-state index in [1.54, 1.807) is 0 Å². The maximum Gasteiger partial charge on any atom is 0.307 e. The summed E-state index contributed by atoms with van der Waals surface area (Å²) in [6, 6.07) is 17.2. The number of hydrogen-bond acceptors (Lipinski definition) is 6. The van der Waals surface area contributed by atoms with Crippen molar-refractivity contribution in [3.8, 4) is 0 Å². The molecule has 4 rings (SSSR count). The number of aromatic amines is 1. The lowest BCUT2D eigenvalue weighted by Crippen LogP contribution is -2.53. The Balaban J connectivity index is 1.51. The summed E-state index contributed by atoms with van der Waals surface area (Å²) in [6.45, 7) is 7.12. The van der Waals surface area contributed by atoms with E-state index in [0.29, 0.717) is 19.4 Å². The molecule has 3 N–H and O–H groups in total. The summed E-state index contributed by atoms with van der Waals surface area (Å²) in [5, 5.41) is 7.50. The van der Waals surface area contributed by atoms with Gasteiger partial charge in [-0.3, -0.25) is 19.7 Å². The van der Waals surface area contributed by atoms with Crippen LogP contribution in [0, 0.1) is 0 Å². The van der Waals surface area contributed by atoms with Crippen molar-refractivity contribution in [2.24, 2.45) is 0 Å². The highest BCUT2D eigenvalue weighted by atomic mass is 28.3. The summed E-state index contributed by atoms with van der Waals surface area (Å²) in [6.07, 6.45) is 1.15. The second-order valence-corrected chi connectivity index (χ2v) is 17.1. The second kappa shape index (κ2) is 12.6. The number of H-pyrrole nitrogens is 1. The Kier molecular flexibility index (Phi) is 9.24. The predicted octanol–water partition coefficient (Wildman–Crippen LogP) is 4.29. The third kappa shape index (κ3) is 7.80. The van der Waals surface area contributed by atoms with Crippen LogP contribution in [-0.4, -0.2) is 56.7 Å². The maximum atomic E-state index is 13.6. The molecule has 1 aliphatic rings. The van der Waals surface area contributed by atoms with Crippen LogP contribution in [0.4, 0.5) is 0 Å². The molecule has 0 saturated carbocycles. The third-order valence-corrected chi connectivity index (χ3v) is 8.82. The summed E-state index contributed by atoms with van der Waals surface area (Å²) < 4.78 is 10.5. The average molecular weight is 550 g/mol. The number of methoxy groups -OCH3 is 1. The first kappa shape index (κ1) is 28.6. The van der Waals surface area contributed by atoms with Crippen molar-refractivity contribution in [2.75, 3.05) is 13.7 Å². The van der Waals surface area contributed by atoms with Crippen molar-refractivity contribution >= 4 is 36.8 Å². The first-order valence-corrected chi connectivity index (χ1v) is 17.3. The van der Waals surface area contributed by atoms with E-state index < -0.39 is 26.2 Å². The van der Waals surface area contributed by atoms with Crippen LogP contribution in [0.3, 0.4) is 0 Å². The first-order valence-electron chi connectivity index (χ1n) is 13.5. The molecule has 2 aromatic carbocycles. The molecule has 39 heavy (non-hydrogen) atoms. The van der Waals surface area contributed by atoms with E-state index in [9.17, 15) is 14.4 Å². The maximum absolute atomic E-state index is 13.6. The smallest absolute Gasteiger partial charge is 0.307 e.